The van der Waals surface area contributed by atoms with Gasteiger partial charge < -0.3 is 4.74 Å². The zero-order valence-electron chi connectivity index (χ0n) is 13.1. The highest BCUT2D eigenvalue weighted by Crippen LogP contribution is 2.31. The minimum Gasteiger partial charge on any atom is -0.488 e. The van der Waals surface area contributed by atoms with Crippen molar-refractivity contribution in [3.63, 3.8) is 0 Å². The van der Waals surface area contributed by atoms with E-state index in [1.165, 1.54) is 11.1 Å². The number of aryl methyl sites for hydroxylation is 3. The third-order valence-electron chi connectivity index (χ3n) is 3.12. The summed E-state index contributed by atoms with van der Waals surface area (Å²) in [6.07, 6.45) is 1.61. The van der Waals surface area contributed by atoms with E-state index in [-0.39, 0.29) is 5.60 Å². The number of hydrogen-bond acceptors (Lipinski definition) is 3. The molecule has 0 spiro atoms. The quantitative estimate of drug-likeness (QED) is 0.818. The standard InChI is InChI=1S/C17H22N2O/c1-11-9-14(20-17(4,5)6)7-8-15(11)16-12(2)18-10-19-13(16)3/h7-10H,1-6H3. The van der Waals surface area contributed by atoms with Crippen LogP contribution in [0.4, 0.5) is 0 Å². The van der Waals surface area contributed by atoms with Crippen molar-refractivity contribution < 1.29 is 4.74 Å². The van der Waals surface area contributed by atoms with Crippen LogP contribution in [0.1, 0.15) is 37.7 Å². The fourth-order valence-electron chi connectivity index (χ4n) is 2.32. The first kappa shape index (κ1) is 14.5. The summed E-state index contributed by atoms with van der Waals surface area (Å²) in [7, 11) is 0. The van der Waals surface area contributed by atoms with Crippen molar-refractivity contribution in [3.05, 3.63) is 41.5 Å². The second-order valence-electron chi connectivity index (χ2n) is 6.11. The molecule has 0 atom stereocenters. The van der Waals surface area contributed by atoms with E-state index in [4.69, 9.17) is 4.74 Å². The molecule has 0 saturated carbocycles. The second kappa shape index (κ2) is 5.23. The maximum atomic E-state index is 5.90. The van der Waals surface area contributed by atoms with Crippen LogP contribution in [0.3, 0.4) is 0 Å². The van der Waals surface area contributed by atoms with Gasteiger partial charge in [0.1, 0.15) is 17.7 Å². The molecule has 20 heavy (non-hydrogen) atoms. The topological polar surface area (TPSA) is 35.0 Å². The average Bonchev–Trinajstić information content (AvgIpc) is 2.29. The Balaban J connectivity index is 2.45. The van der Waals surface area contributed by atoms with Crippen molar-refractivity contribution >= 4 is 0 Å². The van der Waals surface area contributed by atoms with Gasteiger partial charge in [0.2, 0.25) is 0 Å². The normalized spacial score (nSPS) is 11.5. The highest BCUT2D eigenvalue weighted by molar-refractivity contribution is 5.71. The van der Waals surface area contributed by atoms with Gasteiger partial charge in [0, 0.05) is 17.0 Å². The highest BCUT2D eigenvalue weighted by Gasteiger charge is 2.14. The molecule has 2 rings (SSSR count). The summed E-state index contributed by atoms with van der Waals surface area (Å²) >= 11 is 0. The van der Waals surface area contributed by atoms with E-state index in [1.54, 1.807) is 6.33 Å². The van der Waals surface area contributed by atoms with Crippen molar-refractivity contribution in [3.8, 4) is 16.9 Å². The van der Waals surface area contributed by atoms with Crippen LogP contribution in [-0.2, 0) is 0 Å². The lowest BCUT2D eigenvalue weighted by Crippen LogP contribution is -2.22. The van der Waals surface area contributed by atoms with E-state index in [0.29, 0.717) is 0 Å². The van der Waals surface area contributed by atoms with Crippen LogP contribution in [0.25, 0.3) is 11.1 Å². The number of benzene rings is 1. The highest BCUT2D eigenvalue weighted by atomic mass is 16.5. The SMILES string of the molecule is Cc1cc(OC(C)(C)C)ccc1-c1c(C)ncnc1C. The molecule has 1 aromatic heterocycles. The molecule has 0 aliphatic carbocycles. The molecule has 0 aliphatic rings. The summed E-state index contributed by atoms with van der Waals surface area (Å²) in [5.41, 5.74) is 5.28. The summed E-state index contributed by atoms with van der Waals surface area (Å²) < 4.78 is 5.90. The number of ether oxygens (including phenoxy) is 1. The largest absolute Gasteiger partial charge is 0.488 e. The molecule has 0 radical (unpaired) electrons. The van der Waals surface area contributed by atoms with Crippen LogP contribution < -0.4 is 4.74 Å². The van der Waals surface area contributed by atoms with Crippen molar-refractivity contribution in [2.24, 2.45) is 0 Å². The summed E-state index contributed by atoms with van der Waals surface area (Å²) in [4.78, 5) is 8.59. The Morgan fingerprint density at radius 2 is 1.55 bits per heavy atom. The molecule has 1 heterocycles. The minimum absolute atomic E-state index is 0.185. The van der Waals surface area contributed by atoms with Gasteiger partial charge >= 0.3 is 0 Å². The van der Waals surface area contributed by atoms with Crippen molar-refractivity contribution in [2.45, 2.75) is 47.1 Å². The van der Waals surface area contributed by atoms with Crippen LogP contribution in [0.5, 0.6) is 5.75 Å². The van der Waals surface area contributed by atoms with Gasteiger partial charge in [0.25, 0.3) is 0 Å². The zero-order chi connectivity index (χ0) is 14.9. The Morgan fingerprint density at radius 3 is 2.05 bits per heavy atom. The van der Waals surface area contributed by atoms with Crippen LogP contribution in [-0.4, -0.2) is 15.6 Å². The fraction of sp³-hybridized carbons (Fsp3) is 0.412. The van der Waals surface area contributed by atoms with Crippen LogP contribution in [0.15, 0.2) is 24.5 Å². The molecule has 0 N–H and O–H groups in total. The minimum atomic E-state index is -0.185. The molecule has 0 bridgehead atoms. The Labute approximate surface area is 121 Å². The Bertz CT molecular complexity index is 607. The number of rotatable bonds is 2. The number of nitrogens with zero attached hydrogens (tertiary/aromatic N) is 2. The van der Waals surface area contributed by atoms with Crippen molar-refractivity contribution in [1.82, 2.24) is 9.97 Å². The smallest absolute Gasteiger partial charge is 0.120 e. The van der Waals surface area contributed by atoms with Gasteiger partial charge in [-0.05, 0) is 64.8 Å². The summed E-state index contributed by atoms with van der Waals surface area (Å²) in [5.74, 6) is 0.894. The van der Waals surface area contributed by atoms with Gasteiger partial charge in [0.05, 0.1) is 0 Å². The van der Waals surface area contributed by atoms with Crippen LogP contribution >= 0.6 is 0 Å². The first-order valence-corrected chi connectivity index (χ1v) is 6.86. The molecular formula is C17H22N2O. The maximum Gasteiger partial charge on any atom is 0.120 e. The monoisotopic (exact) mass is 270 g/mol. The van der Waals surface area contributed by atoms with Gasteiger partial charge in [0.15, 0.2) is 0 Å². The van der Waals surface area contributed by atoms with E-state index < -0.39 is 0 Å². The van der Waals surface area contributed by atoms with E-state index in [0.717, 1.165) is 22.7 Å². The second-order valence-corrected chi connectivity index (χ2v) is 6.11. The molecule has 0 saturated heterocycles. The third-order valence-corrected chi connectivity index (χ3v) is 3.12. The van der Waals surface area contributed by atoms with E-state index in [2.05, 4.69) is 49.8 Å². The molecule has 3 heteroatoms. The van der Waals surface area contributed by atoms with Gasteiger partial charge in [-0.3, -0.25) is 0 Å². The van der Waals surface area contributed by atoms with E-state index in [1.807, 2.05) is 19.9 Å². The Hall–Kier alpha value is -1.90. The Morgan fingerprint density at radius 1 is 0.950 bits per heavy atom. The van der Waals surface area contributed by atoms with Crippen molar-refractivity contribution in [2.75, 3.05) is 0 Å². The van der Waals surface area contributed by atoms with Gasteiger partial charge in [-0.15, -0.1) is 0 Å². The van der Waals surface area contributed by atoms with E-state index in [9.17, 15) is 0 Å². The average molecular weight is 270 g/mol. The van der Waals surface area contributed by atoms with Crippen molar-refractivity contribution in [1.29, 1.82) is 0 Å². The molecule has 3 nitrogen and oxygen atoms in total. The molecule has 0 aliphatic heterocycles. The summed E-state index contributed by atoms with van der Waals surface area (Å²) in [6, 6.07) is 6.18. The van der Waals surface area contributed by atoms with Gasteiger partial charge in [-0.2, -0.15) is 0 Å². The van der Waals surface area contributed by atoms with E-state index >= 15 is 0 Å². The predicted octanol–water partition coefficient (Wildman–Crippen LogP) is 4.25. The molecule has 2 aromatic rings. The van der Waals surface area contributed by atoms with Gasteiger partial charge in [-0.25, -0.2) is 9.97 Å². The van der Waals surface area contributed by atoms with Gasteiger partial charge in [-0.1, -0.05) is 6.07 Å². The molecule has 106 valence electrons. The third kappa shape index (κ3) is 3.16. The number of hydrogen-bond donors (Lipinski definition) is 0. The first-order valence-electron chi connectivity index (χ1n) is 6.86. The number of aromatic nitrogens is 2. The summed E-state index contributed by atoms with van der Waals surface area (Å²) in [6.45, 7) is 12.3. The molecule has 1 aromatic carbocycles. The van der Waals surface area contributed by atoms with Crippen LogP contribution in [0, 0.1) is 20.8 Å². The lowest BCUT2D eigenvalue weighted by molar-refractivity contribution is 0.131. The molecular weight excluding hydrogens is 248 g/mol. The predicted molar refractivity (Wildman–Crippen MR) is 82.1 cm³/mol. The summed E-state index contributed by atoms with van der Waals surface area (Å²) in [5, 5.41) is 0. The lowest BCUT2D eigenvalue weighted by atomic mass is 9.98. The maximum absolute atomic E-state index is 5.90. The first-order chi connectivity index (χ1) is 9.28. The fourth-order valence-corrected chi connectivity index (χ4v) is 2.32. The Kier molecular flexibility index (Phi) is 3.80. The van der Waals surface area contributed by atoms with Crippen LogP contribution in [0.2, 0.25) is 0 Å². The zero-order valence-corrected chi connectivity index (χ0v) is 13.1. The molecule has 0 fully saturated rings. The lowest BCUT2D eigenvalue weighted by Gasteiger charge is -2.22. The molecule has 0 amide bonds. The molecule has 0 unspecified atom stereocenters.